The monoisotopic (exact) mass is 289 g/mol. The molecule has 1 aromatic carbocycles. The average Bonchev–Trinajstić information content (AvgIpc) is 2.77. The van der Waals surface area contributed by atoms with Gasteiger partial charge in [-0.15, -0.1) is 11.8 Å². The molecule has 1 atom stereocenters. The van der Waals surface area contributed by atoms with Crippen molar-refractivity contribution in [2.75, 3.05) is 13.1 Å². The van der Waals surface area contributed by atoms with E-state index < -0.39 is 0 Å². The van der Waals surface area contributed by atoms with Crippen molar-refractivity contribution in [2.24, 2.45) is 11.3 Å². The van der Waals surface area contributed by atoms with Gasteiger partial charge < -0.3 is 5.32 Å². The fraction of sp³-hybridized carbons (Fsp3) is 0.667. The van der Waals surface area contributed by atoms with Gasteiger partial charge in [0, 0.05) is 16.7 Å². The summed E-state index contributed by atoms with van der Waals surface area (Å²) in [4.78, 5) is 1.53. The fourth-order valence-electron chi connectivity index (χ4n) is 3.61. The zero-order chi connectivity index (χ0) is 14.0. The second kappa shape index (κ2) is 6.11. The lowest BCUT2D eigenvalue weighted by Gasteiger charge is -2.44. The van der Waals surface area contributed by atoms with Crippen LogP contribution in [-0.2, 0) is 6.42 Å². The highest BCUT2D eigenvalue weighted by Crippen LogP contribution is 2.49. The lowest BCUT2D eigenvalue weighted by Crippen LogP contribution is -2.42. The summed E-state index contributed by atoms with van der Waals surface area (Å²) in [5.41, 5.74) is 2.18. The van der Waals surface area contributed by atoms with Crippen molar-refractivity contribution < 1.29 is 0 Å². The Morgan fingerprint density at radius 2 is 2.10 bits per heavy atom. The van der Waals surface area contributed by atoms with Crippen LogP contribution in [0, 0.1) is 11.3 Å². The first-order valence-electron chi connectivity index (χ1n) is 8.12. The number of nitrogens with one attached hydrogen (secondary N) is 1. The van der Waals surface area contributed by atoms with Crippen molar-refractivity contribution in [3.05, 3.63) is 29.8 Å². The van der Waals surface area contributed by atoms with Crippen LogP contribution in [0.2, 0.25) is 0 Å². The molecule has 1 saturated carbocycles. The first-order chi connectivity index (χ1) is 9.67. The van der Waals surface area contributed by atoms with Crippen molar-refractivity contribution >= 4 is 11.8 Å². The van der Waals surface area contributed by atoms with E-state index in [1.807, 2.05) is 0 Å². The maximum Gasteiger partial charge on any atom is 0.0141 e. The maximum absolute atomic E-state index is 3.71. The minimum Gasteiger partial charge on any atom is -0.316 e. The fourth-order valence-corrected chi connectivity index (χ4v) is 5.13. The lowest BCUT2D eigenvalue weighted by atomic mass is 9.65. The molecule has 1 heterocycles. The zero-order valence-corrected chi connectivity index (χ0v) is 13.6. The van der Waals surface area contributed by atoms with Gasteiger partial charge in [-0.25, -0.2) is 0 Å². The molecular formula is C18H27NS. The smallest absolute Gasteiger partial charge is 0.0141 e. The van der Waals surface area contributed by atoms with Crippen molar-refractivity contribution in [1.82, 2.24) is 5.32 Å². The number of hydrogen-bond acceptors (Lipinski definition) is 2. The predicted octanol–water partition coefficient (Wildman–Crippen LogP) is 4.51. The van der Waals surface area contributed by atoms with E-state index in [4.69, 9.17) is 0 Å². The van der Waals surface area contributed by atoms with E-state index in [2.05, 4.69) is 55.2 Å². The quantitative estimate of drug-likeness (QED) is 0.827. The highest BCUT2D eigenvalue weighted by molar-refractivity contribution is 8.00. The Bertz CT molecular complexity index is 425. The standard InChI is InChI=1S/C18H27NS/c1-14(2)12-19-13-18(8-5-9-18)11-16-10-15-6-3-4-7-17(15)20-16/h3-4,6-7,14,16,19H,5,8-13H2,1-2H3. The summed E-state index contributed by atoms with van der Waals surface area (Å²) in [6.45, 7) is 6.99. The topological polar surface area (TPSA) is 12.0 Å². The Balaban J connectivity index is 1.54. The van der Waals surface area contributed by atoms with Crippen LogP contribution in [0.4, 0.5) is 0 Å². The van der Waals surface area contributed by atoms with E-state index in [0.29, 0.717) is 5.41 Å². The van der Waals surface area contributed by atoms with Crippen molar-refractivity contribution in [3.63, 3.8) is 0 Å². The van der Waals surface area contributed by atoms with Gasteiger partial charge in [-0.05, 0) is 55.2 Å². The second-order valence-corrected chi connectivity index (χ2v) is 8.48. The van der Waals surface area contributed by atoms with Gasteiger partial charge in [0.2, 0.25) is 0 Å². The molecule has 1 aliphatic heterocycles. The molecule has 20 heavy (non-hydrogen) atoms. The summed E-state index contributed by atoms with van der Waals surface area (Å²) < 4.78 is 0. The van der Waals surface area contributed by atoms with E-state index in [1.165, 1.54) is 50.1 Å². The molecule has 0 saturated heterocycles. The molecule has 1 N–H and O–H groups in total. The summed E-state index contributed by atoms with van der Waals surface area (Å²) in [7, 11) is 0. The number of benzene rings is 1. The van der Waals surface area contributed by atoms with Gasteiger partial charge >= 0.3 is 0 Å². The molecule has 0 aromatic heterocycles. The third kappa shape index (κ3) is 3.23. The maximum atomic E-state index is 3.71. The van der Waals surface area contributed by atoms with Gasteiger partial charge in [0.1, 0.15) is 0 Å². The van der Waals surface area contributed by atoms with E-state index >= 15 is 0 Å². The SMILES string of the molecule is CC(C)CNCC1(CC2Cc3ccccc3S2)CCC1. The Hall–Kier alpha value is -0.470. The predicted molar refractivity (Wildman–Crippen MR) is 88.4 cm³/mol. The number of fused-ring (bicyclic) bond motifs is 1. The Kier molecular flexibility index (Phi) is 4.42. The molecule has 0 amide bonds. The Labute approximate surface area is 127 Å². The molecule has 3 rings (SSSR count). The van der Waals surface area contributed by atoms with Gasteiger partial charge in [-0.3, -0.25) is 0 Å². The van der Waals surface area contributed by atoms with Crippen LogP contribution >= 0.6 is 11.8 Å². The molecule has 1 aliphatic carbocycles. The minimum atomic E-state index is 0.606. The molecule has 0 radical (unpaired) electrons. The van der Waals surface area contributed by atoms with Crippen molar-refractivity contribution in [2.45, 2.75) is 56.1 Å². The van der Waals surface area contributed by atoms with Crippen molar-refractivity contribution in [3.8, 4) is 0 Å². The molecule has 1 nitrogen and oxygen atoms in total. The summed E-state index contributed by atoms with van der Waals surface area (Å²) >= 11 is 2.12. The summed E-state index contributed by atoms with van der Waals surface area (Å²) in [6, 6.07) is 8.97. The van der Waals surface area contributed by atoms with E-state index in [1.54, 1.807) is 5.56 Å². The van der Waals surface area contributed by atoms with Gasteiger partial charge in [0.05, 0.1) is 0 Å². The molecule has 110 valence electrons. The van der Waals surface area contributed by atoms with Crippen LogP contribution in [0.5, 0.6) is 0 Å². The van der Waals surface area contributed by atoms with Gasteiger partial charge in [-0.1, -0.05) is 38.5 Å². The van der Waals surface area contributed by atoms with Crippen LogP contribution in [0.15, 0.2) is 29.2 Å². The van der Waals surface area contributed by atoms with Gasteiger partial charge in [-0.2, -0.15) is 0 Å². The molecular weight excluding hydrogens is 262 g/mol. The average molecular weight is 289 g/mol. The van der Waals surface area contributed by atoms with E-state index in [0.717, 1.165) is 11.2 Å². The van der Waals surface area contributed by atoms with Crippen LogP contribution in [0.1, 0.15) is 45.1 Å². The van der Waals surface area contributed by atoms with Crippen LogP contribution in [0.25, 0.3) is 0 Å². The summed E-state index contributed by atoms with van der Waals surface area (Å²) in [6.07, 6.45) is 6.99. The Morgan fingerprint density at radius 3 is 2.75 bits per heavy atom. The molecule has 2 heteroatoms. The second-order valence-electron chi connectivity index (χ2n) is 7.13. The molecule has 2 aliphatic rings. The lowest BCUT2D eigenvalue weighted by molar-refractivity contribution is 0.115. The summed E-state index contributed by atoms with van der Waals surface area (Å²) in [5.74, 6) is 0.761. The highest BCUT2D eigenvalue weighted by Gasteiger charge is 2.40. The Morgan fingerprint density at radius 1 is 1.30 bits per heavy atom. The van der Waals surface area contributed by atoms with Crippen LogP contribution in [-0.4, -0.2) is 18.3 Å². The minimum absolute atomic E-state index is 0.606. The zero-order valence-electron chi connectivity index (χ0n) is 12.8. The third-order valence-corrected chi connectivity index (χ3v) is 6.16. The van der Waals surface area contributed by atoms with Crippen molar-refractivity contribution in [1.29, 1.82) is 0 Å². The van der Waals surface area contributed by atoms with E-state index in [-0.39, 0.29) is 0 Å². The third-order valence-electron chi connectivity index (χ3n) is 4.84. The first-order valence-corrected chi connectivity index (χ1v) is 9.00. The van der Waals surface area contributed by atoms with Crippen LogP contribution in [0.3, 0.4) is 0 Å². The number of hydrogen-bond donors (Lipinski definition) is 1. The molecule has 1 unspecified atom stereocenters. The van der Waals surface area contributed by atoms with Gasteiger partial charge in [0.25, 0.3) is 0 Å². The van der Waals surface area contributed by atoms with E-state index in [9.17, 15) is 0 Å². The highest BCUT2D eigenvalue weighted by atomic mass is 32.2. The molecule has 1 aromatic rings. The molecule has 0 spiro atoms. The largest absolute Gasteiger partial charge is 0.316 e. The van der Waals surface area contributed by atoms with Gasteiger partial charge in [0.15, 0.2) is 0 Å². The number of thioether (sulfide) groups is 1. The molecule has 1 fully saturated rings. The normalized spacial score (nSPS) is 23.6. The summed E-state index contributed by atoms with van der Waals surface area (Å²) in [5, 5.41) is 4.53. The molecule has 0 bridgehead atoms. The van der Waals surface area contributed by atoms with Crippen LogP contribution < -0.4 is 5.32 Å². The number of rotatable bonds is 6. The first kappa shape index (κ1) is 14.5.